The highest BCUT2D eigenvalue weighted by Gasteiger charge is 2.19. The number of rotatable bonds is 4. The zero-order valence-corrected chi connectivity index (χ0v) is 11.7. The van der Waals surface area contributed by atoms with Gasteiger partial charge in [-0.15, -0.1) is 0 Å². The smallest absolute Gasteiger partial charge is 0.155 e. The van der Waals surface area contributed by atoms with Gasteiger partial charge in [-0.05, 0) is 37.3 Å². The van der Waals surface area contributed by atoms with Crippen molar-refractivity contribution in [2.75, 3.05) is 0 Å². The van der Waals surface area contributed by atoms with Crippen LogP contribution in [0.15, 0.2) is 53.1 Å². The molecular formula is C14H15BrN2O. The number of nitrogens with two attached hydrogens (primary N) is 1. The van der Waals surface area contributed by atoms with Gasteiger partial charge in [0.2, 0.25) is 0 Å². The first-order chi connectivity index (χ1) is 8.66. The lowest BCUT2D eigenvalue weighted by Gasteiger charge is -2.22. The van der Waals surface area contributed by atoms with Crippen LogP contribution in [0.25, 0.3) is 0 Å². The molecule has 4 heteroatoms. The van der Waals surface area contributed by atoms with Gasteiger partial charge in [0, 0.05) is 16.7 Å². The maximum atomic E-state index is 5.98. The van der Waals surface area contributed by atoms with Gasteiger partial charge >= 0.3 is 0 Å². The van der Waals surface area contributed by atoms with Crippen LogP contribution in [0.2, 0.25) is 0 Å². The SMILES string of the molecule is CC(N)C(Oc1cccc(Br)c1)c1ccccn1. The van der Waals surface area contributed by atoms with Crippen LogP contribution in [-0.4, -0.2) is 11.0 Å². The predicted octanol–water partition coefficient (Wildman–Crippen LogP) is 3.31. The van der Waals surface area contributed by atoms with Gasteiger partial charge in [-0.25, -0.2) is 0 Å². The molecule has 0 spiro atoms. The molecule has 0 saturated carbocycles. The summed E-state index contributed by atoms with van der Waals surface area (Å²) in [5.41, 5.74) is 6.82. The molecule has 0 bridgehead atoms. The summed E-state index contributed by atoms with van der Waals surface area (Å²) >= 11 is 3.42. The Bertz CT molecular complexity index is 502. The van der Waals surface area contributed by atoms with Crippen molar-refractivity contribution in [1.82, 2.24) is 4.98 Å². The number of pyridine rings is 1. The van der Waals surface area contributed by atoms with Crippen LogP contribution in [-0.2, 0) is 0 Å². The van der Waals surface area contributed by atoms with E-state index in [0.29, 0.717) is 0 Å². The Kier molecular flexibility index (Phi) is 4.33. The number of ether oxygens (including phenoxy) is 1. The molecule has 0 amide bonds. The second kappa shape index (κ2) is 5.98. The lowest BCUT2D eigenvalue weighted by atomic mass is 10.1. The molecular weight excluding hydrogens is 292 g/mol. The van der Waals surface area contributed by atoms with Crippen molar-refractivity contribution in [2.24, 2.45) is 5.73 Å². The zero-order valence-electron chi connectivity index (χ0n) is 10.1. The number of hydrogen-bond donors (Lipinski definition) is 1. The Labute approximate surface area is 115 Å². The first-order valence-electron chi connectivity index (χ1n) is 5.75. The van der Waals surface area contributed by atoms with E-state index in [1.54, 1.807) is 6.20 Å². The first-order valence-corrected chi connectivity index (χ1v) is 6.55. The topological polar surface area (TPSA) is 48.1 Å². The summed E-state index contributed by atoms with van der Waals surface area (Å²) in [4.78, 5) is 4.30. The highest BCUT2D eigenvalue weighted by molar-refractivity contribution is 9.10. The number of benzene rings is 1. The van der Waals surface area contributed by atoms with Crippen molar-refractivity contribution >= 4 is 15.9 Å². The van der Waals surface area contributed by atoms with Gasteiger partial charge in [0.05, 0.1) is 5.69 Å². The highest BCUT2D eigenvalue weighted by atomic mass is 79.9. The summed E-state index contributed by atoms with van der Waals surface area (Å²) in [7, 11) is 0. The second-order valence-corrected chi connectivity index (χ2v) is 5.03. The third-order valence-electron chi connectivity index (χ3n) is 2.52. The minimum atomic E-state index is -0.250. The van der Waals surface area contributed by atoms with Crippen molar-refractivity contribution in [3.05, 3.63) is 58.8 Å². The maximum Gasteiger partial charge on any atom is 0.155 e. The van der Waals surface area contributed by atoms with E-state index in [1.807, 2.05) is 49.4 Å². The first kappa shape index (κ1) is 13.1. The lowest BCUT2D eigenvalue weighted by Crippen LogP contribution is -2.29. The van der Waals surface area contributed by atoms with Gasteiger partial charge in [0.25, 0.3) is 0 Å². The number of hydrogen-bond acceptors (Lipinski definition) is 3. The molecule has 18 heavy (non-hydrogen) atoms. The molecule has 94 valence electrons. The van der Waals surface area contributed by atoms with Crippen LogP contribution in [0.4, 0.5) is 0 Å². The summed E-state index contributed by atoms with van der Waals surface area (Å²) in [5.74, 6) is 0.775. The van der Waals surface area contributed by atoms with Crippen molar-refractivity contribution in [1.29, 1.82) is 0 Å². The number of aromatic nitrogens is 1. The third kappa shape index (κ3) is 3.31. The van der Waals surface area contributed by atoms with E-state index in [4.69, 9.17) is 10.5 Å². The van der Waals surface area contributed by atoms with Crippen LogP contribution < -0.4 is 10.5 Å². The minimum absolute atomic E-state index is 0.140. The predicted molar refractivity (Wildman–Crippen MR) is 75.4 cm³/mol. The van der Waals surface area contributed by atoms with E-state index in [9.17, 15) is 0 Å². The second-order valence-electron chi connectivity index (χ2n) is 4.11. The van der Waals surface area contributed by atoms with E-state index in [0.717, 1.165) is 15.9 Å². The molecule has 0 saturated heterocycles. The normalized spacial score (nSPS) is 13.9. The fraction of sp³-hybridized carbons (Fsp3) is 0.214. The van der Waals surface area contributed by atoms with Gasteiger partial charge in [-0.1, -0.05) is 28.1 Å². The van der Waals surface area contributed by atoms with Crippen molar-refractivity contribution in [3.63, 3.8) is 0 Å². The molecule has 0 aliphatic heterocycles. The average molecular weight is 307 g/mol. The average Bonchev–Trinajstić information content (AvgIpc) is 2.37. The molecule has 0 aliphatic rings. The summed E-state index contributed by atoms with van der Waals surface area (Å²) < 4.78 is 6.90. The molecule has 2 atom stereocenters. The molecule has 2 aromatic rings. The highest BCUT2D eigenvalue weighted by Crippen LogP contribution is 2.25. The summed E-state index contributed by atoms with van der Waals surface area (Å²) in [6.45, 7) is 1.91. The standard InChI is InChI=1S/C14H15BrN2O/c1-10(16)14(13-7-2-3-8-17-13)18-12-6-4-5-11(15)9-12/h2-10,14H,16H2,1H3. The fourth-order valence-electron chi connectivity index (χ4n) is 1.67. The Morgan fingerprint density at radius 1 is 1.22 bits per heavy atom. The number of halogens is 1. The van der Waals surface area contributed by atoms with Gasteiger partial charge < -0.3 is 10.5 Å². The lowest BCUT2D eigenvalue weighted by molar-refractivity contribution is 0.175. The van der Waals surface area contributed by atoms with E-state index in [1.165, 1.54) is 0 Å². The molecule has 0 aliphatic carbocycles. The van der Waals surface area contributed by atoms with E-state index in [-0.39, 0.29) is 12.1 Å². The monoisotopic (exact) mass is 306 g/mol. The maximum absolute atomic E-state index is 5.98. The molecule has 1 aromatic carbocycles. The Balaban J connectivity index is 2.22. The van der Waals surface area contributed by atoms with Crippen LogP contribution >= 0.6 is 15.9 Å². The van der Waals surface area contributed by atoms with E-state index in [2.05, 4.69) is 20.9 Å². The summed E-state index contributed by atoms with van der Waals surface area (Å²) in [6, 6.07) is 13.3. The van der Waals surface area contributed by atoms with Gasteiger partial charge in [-0.2, -0.15) is 0 Å². The van der Waals surface area contributed by atoms with Crippen molar-refractivity contribution < 1.29 is 4.74 Å². The van der Waals surface area contributed by atoms with E-state index >= 15 is 0 Å². The van der Waals surface area contributed by atoms with Crippen LogP contribution in [0.3, 0.4) is 0 Å². The van der Waals surface area contributed by atoms with Gasteiger partial charge in [-0.3, -0.25) is 4.98 Å². The summed E-state index contributed by atoms with van der Waals surface area (Å²) in [5, 5.41) is 0. The minimum Gasteiger partial charge on any atom is -0.482 e. The molecule has 1 heterocycles. The molecule has 0 fully saturated rings. The molecule has 1 aromatic heterocycles. The Morgan fingerprint density at radius 2 is 2.06 bits per heavy atom. The zero-order chi connectivity index (χ0) is 13.0. The van der Waals surface area contributed by atoms with E-state index < -0.39 is 0 Å². The Morgan fingerprint density at radius 3 is 2.67 bits per heavy atom. The van der Waals surface area contributed by atoms with Crippen LogP contribution in [0.1, 0.15) is 18.7 Å². The largest absolute Gasteiger partial charge is 0.482 e. The number of nitrogens with zero attached hydrogens (tertiary/aromatic N) is 1. The van der Waals surface area contributed by atoms with Crippen molar-refractivity contribution in [2.45, 2.75) is 19.1 Å². The molecule has 2 N–H and O–H groups in total. The quantitative estimate of drug-likeness (QED) is 0.942. The molecule has 3 nitrogen and oxygen atoms in total. The van der Waals surface area contributed by atoms with Crippen LogP contribution in [0, 0.1) is 0 Å². The third-order valence-corrected chi connectivity index (χ3v) is 3.01. The fourth-order valence-corrected chi connectivity index (χ4v) is 2.05. The molecule has 0 radical (unpaired) electrons. The van der Waals surface area contributed by atoms with Gasteiger partial charge in [0.15, 0.2) is 6.10 Å². The Hall–Kier alpha value is -1.39. The summed E-state index contributed by atoms with van der Waals surface area (Å²) in [6.07, 6.45) is 1.50. The molecule has 2 unspecified atom stereocenters. The molecule has 2 rings (SSSR count). The van der Waals surface area contributed by atoms with Crippen LogP contribution in [0.5, 0.6) is 5.75 Å². The van der Waals surface area contributed by atoms with Crippen molar-refractivity contribution in [3.8, 4) is 5.75 Å². The van der Waals surface area contributed by atoms with Gasteiger partial charge in [0.1, 0.15) is 5.75 Å².